The van der Waals surface area contributed by atoms with Crippen molar-refractivity contribution in [2.24, 2.45) is 0 Å². The lowest BCUT2D eigenvalue weighted by Gasteiger charge is -2.14. The maximum absolute atomic E-state index is 9.55. The van der Waals surface area contributed by atoms with Crippen LogP contribution in [-0.4, -0.2) is 29.2 Å². The highest BCUT2D eigenvalue weighted by Gasteiger charge is 2.42. The quantitative estimate of drug-likeness (QED) is 0.562. The van der Waals surface area contributed by atoms with Gasteiger partial charge in [0.25, 0.3) is 0 Å². The molecule has 144 valence electrons. The SMILES string of the molecule is CNC1(c2ccc(C#Cc3ccc(C)cc3)cc2)CC1.O=C(O)/C=C\C(=O)O. The number of aryl methyl sites for hydroxylation is 1. The summed E-state index contributed by atoms with van der Waals surface area (Å²) in [5, 5.41) is 19.0. The van der Waals surface area contributed by atoms with Gasteiger partial charge in [0.2, 0.25) is 0 Å². The van der Waals surface area contributed by atoms with Crippen LogP contribution in [0.4, 0.5) is 0 Å². The number of benzene rings is 2. The highest BCUT2D eigenvalue weighted by Crippen LogP contribution is 2.44. The number of nitrogens with one attached hydrogen (secondary N) is 1. The van der Waals surface area contributed by atoms with Crippen LogP contribution in [0.3, 0.4) is 0 Å². The Labute approximate surface area is 164 Å². The molecule has 3 N–H and O–H groups in total. The predicted molar refractivity (Wildman–Crippen MR) is 108 cm³/mol. The Morgan fingerprint density at radius 2 is 1.32 bits per heavy atom. The van der Waals surface area contributed by atoms with Crippen molar-refractivity contribution >= 4 is 11.9 Å². The van der Waals surface area contributed by atoms with Gasteiger partial charge in [-0.2, -0.15) is 0 Å². The summed E-state index contributed by atoms with van der Waals surface area (Å²) in [6, 6.07) is 17.0. The minimum Gasteiger partial charge on any atom is -0.478 e. The van der Waals surface area contributed by atoms with Gasteiger partial charge in [-0.3, -0.25) is 0 Å². The van der Waals surface area contributed by atoms with Crippen LogP contribution in [0, 0.1) is 18.8 Å². The average molecular weight is 377 g/mol. The molecule has 28 heavy (non-hydrogen) atoms. The third-order valence-corrected chi connectivity index (χ3v) is 4.44. The van der Waals surface area contributed by atoms with Crippen molar-refractivity contribution < 1.29 is 19.8 Å². The lowest BCUT2D eigenvalue weighted by Crippen LogP contribution is -2.24. The average Bonchev–Trinajstić information content (AvgIpc) is 3.48. The fourth-order valence-electron chi connectivity index (χ4n) is 2.60. The normalized spacial score (nSPS) is 13.6. The van der Waals surface area contributed by atoms with Crippen molar-refractivity contribution in [3.8, 4) is 11.8 Å². The highest BCUT2D eigenvalue weighted by molar-refractivity contribution is 5.89. The third kappa shape index (κ3) is 6.42. The topological polar surface area (TPSA) is 86.6 Å². The van der Waals surface area contributed by atoms with Crippen molar-refractivity contribution in [3.63, 3.8) is 0 Å². The van der Waals surface area contributed by atoms with Gasteiger partial charge in [-0.25, -0.2) is 9.59 Å². The Hall–Kier alpha value is -3.36. The number of carbonyl (C=O) groups is 2. The molecule has 0 spiro atoms. The summed E-state index contributed by atoms with van der Waals surface area (Å²) in [7, 11) is 2.04. The summed E-state index contributed by atoms with van der Waals surface area (Å²) >= 11 is 0. The monoisotopic (exact) mass is 377 g/mol. The van der Waals surface area contributed by atoms with Crippen LogP contribution in [0.25, 0.3) is 0 Å². The minimum absolute atomic E-state index is 0.239. The molecule has 1 saturated carbocycles. The lowest BCUT2D eigenvalue weighted by atomic mass is 10.0. The van der Waals surface area contributed by atoms with E-state index in [4.69, 9.17) is 10.2 Å². The summed E-state index contributed by atoms with van der Waals surface area (Å²) in [5.41, 5.74) is 5.01. The zero-order valence-electron chi connectivity index (χ0n) is 15.9. The predicted octanol–water partition coefficient (Wildman–Crippen LogP) is 3.32. The van der Waals surface area contributed by atoms with E-state index in [1.165, 1.54) is 24.0 Å². The van der Waals surface area contributed by atoms with Crippen LogP contribution in [0.15, 0.2) is 60.7 Å². The second-order valence-corrected chi connectivity index (χ2v) is 6.54. The summed E-state index contributed by atoms with van der Waals surface area (Å²) in [4.78, 5) is 19.1. The van der Waals surface area contributed by atoms with Crippen LogP contribution in [0.1, 0.15) is 35.1 Å². The van der Waals surface area contributed by atoms with E-state index in [1.807, 2.05) is 7.05 Å². The molecule has 3 rings (SSSR count). The van der Waals surface area contributed by atoms with Gasteiger partial charge in [0, 0.05) is 28.8 Å². The van der Waals surface area contributed by atoms with Gasteiger partial charge >= 0.3 is 11.9 Å². The molecule has 0 radical (unpaired) electrons. The lowest BCUT2D eigenvalue weighted by molar-refractivity contribution is -0.134. The first-order valence-corrected chi connectivity index (χ1v) is 8.87. The highest BCUT2D eigenvalue weighted by atomic mass is 16.4. The fraction of sp³-hybridized carbons (Fsp3) is 0.217. The molecule has 0 amide bonds. The Balaban J connectivity index is 0.000000300. The van der Waals surface area contributed by atoms with Crippen molar-refractivity contribution in [2.75, 3.05) is 7.05 Å². The molecule has 1 aliphatic rings. The maximum atomic E-state index is 9.55. The molecule has 5 heteroatoms. The molecule has 0 unspecified atom stereocenters. The first-order valence-electron chi connectivity index (χ1n) is 8.87. The van der Waals surface area contributed by atoms with E-state index >= 15 is 0 Å². The van der Waals surface area contributed by atoms with E-state index in [0.717, 1.165) is 11.1 Å². The van der Waals surface area contributed by atoms with Gasteiger partial charge < -0.3 is 15.5 Å². The molecule has 2 aromatic carbocycles. The zero-order valence-corrected chi connectivity index (χ0v) is 15.9. The summed E-state index contributed by atoms with van der Waals surface area (Å²) in [6.07, 6.45) is 3.58. The number of rotatable bonds is 4. The Bertz CT molecular complexity index is 896. The second kappa shape index (κ2) is 9.54. The summed E-state index contributed by atoms with van der Waals surface area (Å²) in [6.45, 7) is 2.09. The molecule has 0 aromatic heterocycles. The van der Waals surface area contributed by atoms with E-state index in [0.29, 0.717) is 12.2 Å². The first-order chi connectivity index (χ1) is 13.3. The van der Waals surface area contributed by atoms with Crippen molar-refractivity contribution in [1.29, 1.82) is 0 Å². The molecule has 1 fully saturated rings. The van der Waals surface area contributed by atoms with Gasteiger partial charge in [0.15, 0.2) is 0 Å². The van der Waals surface area contributed by atoms with E-state index < -0.39 is 11.9 Å². The number of carboxylic acid groups (broad SMARTS) is 2. The van der Waals surface area contributed by atoms with Crippen LogP contribution in [-0.2, 0) is 15.1 Å². The summed E-state index contributed by atoms with van der Waals surface area (Å²) in [5.74, 6) is 3.92. The maximum Gasteiger partial charge on any atom is 0.328 e. The fourth-order valence-corrected chi connectivity index (χ4v) is 2.60. The largest absolute Gasteiger partial charge is 0.478 e. The van der Waals surface area contributed by atoms with E-state index in [1.54, 1.807) is 0 Å². The molecule has 0 heterocycles. The number of hydrogen-bond acceptors (Lipinski definition) is 3. The molecule has 2 aromatic rings. The molecular formula is C23H23NO4. The first kappa shape index (κ1) is 20.9. The van der Waals surface area contributed by atoms with E-state index in [2.05, 4.69) is 72.6 Å². The zero-order chi connectivity index (χ0) is 20.6. The van der Waals surface area contributed by atoms with E-state index in [9.17, 15) is 9.59 Å². The van der Waals surface area contributed by atoms with Crippen molar-refractivity contribution in [3.05, 3.63) is 82.9 Å². The molecule has 0 atom stereocenters. The van der Waals surface area contributed by atoms with Crippen molar-refractivity contribution in [1.82, 2.24) is 5.32 Å². The molecule has 0 bridgehead atoms. The number of aliphatic carboxylic acids is 2. The molecule has 0 saturated heterocycles. The van der Waals surface area contributed by atoms with Crippen LogP contribution < -0.4 is 5.32 Å². The van der Waals surface area contributed by atoms with Crippen LogP contribution >= 0.6 is 0 Å². The van der Waals surface area contributed by atoms with Gasteiger partial charge in [-0.1, -0.05) is 41.7 Å². The smallest absolute Gasteiger partial charge is 0.328 e. The molecule has 5 nitrogen and oxygen atoms in total. The van der Waals surface area contributed by atoms with Crippen LogP contribution in [0.2, 0.25) is 0 Å². The number of hydrogen-bond donors (Lipinski definition) is 3. The minimum atomic E-state index is -1.26. The Morgan fingerprint density at radius 1 is 0.893 bits per heavy atom. The van der Waals surface area contributed by atoms with Gasteiger partial charge in [-0.05, 0) is 56.6 Å². The van der Waals surface area contributed by atoms with Gasteiger partial charge in [-0.15, -0.1) is 0 Å². The van der Waals surface area contributed by atoms with Crippen LogP contribution in [0.5, 0.6) is 0 Å². The third-order valence-electron chi connectivity index (χ3n) is 4.44. The summed E-state index contributed by atoms with van der Waals surface area (Å²) < 4.78 is 0. The standard InChI is InChI=1S/C19H19N.C4H4O4/c1-15-3-5-16(6-4-15)7-8-17-9-11-18(12-10-17)19(20-2)13-14-19;5-3(6)1-2-4(7)8/h3-6,9-12,20H,13-14H2,1-2H3;1-2H,(H,5,6)(H,7,8)/b;2-1-. The van der Waals surface area contributed by atoms with Crippen molar-refractivity contribution in [2.45, 2.75) is 25.3 Å². The number of carboxylic acids is 2. The Kier molecular flexibility index (Phi) is 7.14. The second-order valence-electron chi connectivity index (χ2n) is 6.54. The van der Waals surface area contributed by atoms with E-state index in [-0.39, 0.29) is 5.54 Å². The molecule has 1 aliphatic carbocycles. The van der Waals surface area contributed by atoms with Gasteiger partial charge in [0.05, 0.1) is 0 Å². The van der Waals surface area contributed by atoms with Gasteiger partial charge in [0.1, 0.15) is 0 Å². The molecule has 0 aliphatic heterocycles. The Morgan fingerprint density at radius 3 is 1.68 bits per heavy atom. The molecular weight excluding hydrogens is 354 g/mol.